The third-order valence-corrected chi connectivity index (χ3v) is 5.55. The lowest BCUT2D eigenvalue weighted by molar-refractivity contribution is -0.145. The Morgan fingerprint density at radius 1 is 1.25 bits per heavy atom. The van der Waals surface area contributed by atoms with Gasteiger partial charge in [0.1, 0.15) is 0 Å². The van der Waals surface area contributed by atoms with Gasteiger partial charge >= 0.3 is 5.97 Å². The highest BCUT2D eigenvalue weighted by Gasteiger charge is 2.54. The van der Waals surface area contributed by atoms with Gasteiger partial charge in [-0.3, -0.25) is 4.99 Å². The van der Waals surface area contributed by atoms with Crippen molar-refractivity contribution in [2.24, 2.45) is 10.9 Å². The monoisotopic (exact) mass is 328 g/mol. The molecule has 2 aliphatic rings. The van der Waals surface area contributed by atoms with Gasteiger partial charge in [0, 0.05) is 12.5 Å². The highest BCUT2D eigenvalue weighted by atomic mass is 16.4. The Morgan fingerprint density at radius 2 is 1.92 bits per heavy atom. The van der Waals surface area contributed by atoms with Crippen molar-refractivity contribution in [3.05, 3.63) is 35.9 Å². The maximum absolute atomic E-state index is 12.3. The second kappa shape index (κ2) is 6.96. The molecule has 1 fully saturated rings. The number of benzene rings is 1. The van der Waals surface area contributed by atoms with E-state index in [9.17, 15) is 9.90 Å². The minimum absolute atomic E-state index is 0.0849. The number of carboxylic acids is 1. The topological polar surface area (TPSA) is 52.9 Å². The quantitative estimate of drug-likeness (QED) is 0.895. The molecule has 1 aromatic carbocycles. The summed E-state index contributed by atoms with van der Waals surface area (Å²) < 4.78 is 0. The van der Waals surface area contributed by atoms with Crippen molar-refractivity contribution in [2.75, 3.05) is 0 Å². The molecule has 1 aliphatic carbocycles. The summed E-state index contributed by atoms with van der Waals surface area (Å²) in [6.45, 7) is 4.25. The lowest BCUT2D eigenvalue weighted by Crippen LogP contribution is -2.57. The van der Waals surface area contributed by atoms with Crippen molar-refractivity contribution >= 4 is 12.3 Å². The molecule has 2 atom stereocenters. The van der Waals surface area contributed by atoms with Crippen LogP contribution >= 0.6 is 0 Å². The minimum Gasteiger partial charge on any atom is -0.479 e. The number of hydrogen-bond donors (Lipinski definition) is 1. The Bertz CT molecular complexity index is 593. The first-order valence-electron chi connectivity index (χ1n) is 9.15. The normalized spacial score (nSPS) is 27.8. The predicted molar refractivity (Wildman–Crippen MR) is 96.3 cm³/mol. The van der Waals surface area contributed by atoms with Crippen molar-refractivity contribution in [1.82, 2.24) is 4.90 Å². The van der Waals surface area contributed by atoms with Crippen molar-refractivity contribution in [3.63, 3.8) is 0 Å². The number of carbonyl (C=O) groups is 1. The lowest BCUT2D eigenvalue weighted by Gasteiger charge is -2.42. The predicted octanol–water partition coefficient (Wildman–Crippen LogP) is 3.75. The molecule has 4 heteroatoms. The van der Waals surface area contributed by atoms with Crippen LogP contribution in [0.2, 0.25) is 0 Å². The first-order valence-corrected chi connectivity index (χ1v) is 9.15. The molecule has 1 aliphatic heterocycles. The van der Waals surface area contributed by atoms with Gasteiger partial charge in [0.25, 0.3) is 0 Å². The van der Waals surface area contributed by atoms with Crippen LogP contribution in [0, 0.1) is 5.92 Å². The van der Waals surface area contributed by atoms with Crippen LogP contribution in [0.25, 0.3) is 0 Å². The van der Waals surface area contributed by atoms with Crippen LogP contribution in [0.1, 0.15) is 51.5 Å². The fraction of sp³-hybridized carbons (Fsp3) is 0.600. The van der Waals surface area contributed by atoms with E-state index in [0.29, 0.717) is 12.5 Å². The maximum Gasteiger partial charge on any atom is 0.334 e. The molecule has 130 valence electrons. The van der Waals surface area contributed by atoms with Crippen molar-refractivity contribution in [2.45, 2.75) is 70.0 Å². The summed E-state index contributed by atoms with van der Waals surface area (Å²) in [6, 6.07) is 10.2. The number of aliphatic carboxylic acids is 1. The molecule has 0 saturated heterocycles. The Kier molecular flexibility index (Phi) is 4.93. The largest absolute Gasteiger partial charge is 0.479 e. The maximum atomic E-state index is 12.3. The van der Waals surface area contributed by atoms with Gasteiger partial charge in [-0.2, -0.15) is 0 Å². The molecule has 24 heavy (non-hydrogen) atoms. The molecule has 1 heterocycles. The summed E-state index contributed by atoms with van der Waals surface area (Å²) in [5.74, 6) is -0.575. The summed E-state index contributed by atoms with van der Waals surface area (Å²) in [5.41, 5.74) is -0.0411. The summed E-state index contributed by atoms with van der Waals surface area (Å²) in [7, 11) is 0. The van der Waals surface area contributed by atoms with E-state index < -0.39 is 11.5 Å². The van der Waals surface area contributed by atoms with E-state index in [4.69, 9.17) is 0 Å². The van der Waals surface area contributed by atoms with Crippen molar-refractivity contribution < 1.29 is 9.90 Å². The smallest absolute Gasteiger partial charge is 0.334 e. The molecular weight excluding hydrogens is 300 g/mol. The van der Waals surface area contributed by atoms with E-state index >= 15 is 0 Å². The Labute approximate surface area is 144 Å². The van der Waals surface area contributed by atoms with Gasteiger partial charge in [-0.05, 0) is 24.3 Å². The third-order valence-electron chi connectivity index (χ3n) is 5.55. The molecule has 4 nitrogen and oxygen atoms in total. The van der Waals surface area contributed by atoms with E-state index in [1.807, 2.05) is 36.7 Å². The van der Waals surface area contributed by atoms with Crippen LogP contribution in [-0.4, -0.2) is 39.9 Å². The summed E-state index contributed by atoms with van der Waals surface area (Å²) in [4.78, 5) is 19.2. The van der Waals surface area contributed by atoms with Gasteiger partial charge in [-0.1, -0.05) is 63.4 Å². The van der Waals surface area contributed by atoms with Gasteiger partial charge in [-0.15, -0.1) is 0 Å². The van der Waals surface area contributed by atoms with Crippen LogP contribution in [-0.2, 0) is 11.2 Å². The standard InChI is InChI=1S/C20H28N2O2/c1-15(2)18-20(19(23)24,13-16-9-5-3-6-10-16)21-14-22(18)17-11-7-4-8-12-17/h3,5-6,9-10,14-15,17-18H,4,7-8,11-13H2,1-2H3,(H,23,24). The van der Waals surface area contributed by atoms with E-state index in [0.717, 1.165) is 18.4 Å². The Balaban J connectivity index is 1.92. The lowest BCUT2D eigenvalue weighted by atomic mass is 9.78. The average Bonchev–Trinajstić information content (AvgIpc) is 2.97. The van der Waals surface area contributed by atoms with E-state index in [2.05, 4.69) is 23.7 Å². The Hall–Kier alpha value is -1.84. The summed E-state index contributed by atoms with van der Waals surface area (Å²) in [6.07, 6.45) is 8.36. The zero-order chi connectivity index (χ0) is 17.2. The number of hydrogen-bond acceptors (Lipinski definition) is 3. The van der Waals surface area contributed by atoms with Crippen molar-refractivity contribution in [1.29, 1.82) is 0 Å². The van der Waals surface area contributed by atoms with Crippen LogP contribution in [0.5, 0.6) is 0 Å². The van der Waals surface area contributed by atoms with E-state index in [1.165, 1.54) is 19.3 Å². The van der Waals surface area contributed by atoms with Crippen molar-refractivity contribution in [3.8, 4) is 0 Å². The van der Waals surface area contributed by atoms with Gasteiger partial charge in [0.2, 0.25) is 0 Å². The van der Waals surface area contributed by atoms with E-state index in [1.54, 1.807) is 0 Å². The molecule has 0 amide bonds. The number of carboxylic acid groups (broad SMARTS) is 1. The molecule has 0 radical (unpaired) electrons. The Morgan fingerprint density at radius 3 is 2.50 bits per heavy atom. The first kappa shape index (κ1) is 17.0. The second-order valence-corrected chi connectivity index (χ2v) is 7.56. The molecule has 1 N–H and O–H groups in total. The molecule has 1 saturated carbocycles. The average molecular weight is 328 g/mol. The number of aliphatic imine (C=N–C) groups is 1. The third kappa shape index (κ3) is 3.06. The number of rotatable bonds is 5. The molecule has 2 unspecified atom stereocenters. The second-order valence-electron chi connectivity index (χ2n) is 7.56. The minimum atomic E-state index is -1.08. The van der Waals surface area contributed by atoms with Crippen LogP contribution in [0.3, 0.4) is 0 Å². The molecular formula is C20H28N2O2. The first-order chi connectivity index (χ1) is 11.5. The molecule has 0 aromatic heterocycles. The zero-order valence-corrected chi connectivity index (χ0v) is 14.7. The molecule has 3 rings (SSSR count). The fourth-order valence-electron chi connectivity index (χ4n) is 4.48. The van der Waals surface area contributed by atoms with Crippen LogP contribution < -0.4 is 0 Å². The van der Waals surface area contributed by atoms with E-state index in [-0.39, 0.29) is 12.0 Å². The summed E-state index contributed by atoms with van der Waals surface area (Å²) in [5, 5.41) is 10.1. The van der Waals surface area contributed by atoms with Crippen LogP contribution in [0.15, 0.2) is 35.3 Å². The van der Waals surface area contributed by atoms with Gasteiger partial charge in [0.15, 0.2) is 5.54 Å². The summed E-state index contributed by atoms with van der Waals surface area (Å²) >= 11 is 0. The highest BCUT2D eigenvalue weighted by molar-refractivity contribution is 5.85. The molecule has 0 spiro atoms. The van der Waals surface area contributed by atoms with Gasteiger partial charge < -0.3 is 10.0 Å². The molecule has 1 aromatic rings. The number of nitrogens with zero attached hydrogens (tertiary/aromatic N) is 2. The van der Waals surface area contributed by atoms with Gasteiger partial charge in [0.05, 0.1) is 12.4 Å². The van der Waals surface area contributed by atoms with Gasteiger partial charge in [-0.25, -0.2) is 4.79 Å². The fourth-order valence-corrected chi connectivity index (χ4v) is 4.48. The zero-order valence-electron chi connectivity index (χ0n) is 14.7. The SMILES string of the molecule is CC(C)C1N(C2CCCCC2)C=NC1(Cc1ccccc1)C(=O)O. The van der Waals surface area contributed by atoms with Crippen LogP contribution in [0.4, 0.5) is 0 Å². The highest BCUT2D eigenvalue weighted by Crippen LogP contribution is 2.38. The molecule has 0 bridgehead atoms.